The van der Waals surface area contributed by atoms with Crippen LogP contribution in [0, 0.1) is 0 Å². The van der Waals surface area contributed by atoms with Crippen LogP contribution >= 0.6 is 11.6 Å². The Hall–Kier alpha value is -2.00. The summed E-state index contributed by atoms with van der Waals surface area (Å²) in [5, 5.41) is 0.450. The number of rotatable bonds is 5. The van der Waals surface area contributed by atoms with Gasteiger partial charge >= 0.3 is 5.97 Å². The Labute approximate surface area is 129 Å². The van der Waals surface area contributed by atoms with Gasteiger partial charge in [-0.05, 0) is 24.1 Å². The fraction of sp³-hybridized carbons (Fsp3) is 0.235. The molecule has 0 saturated heterocycles. The maximum atomic E-state index is 11.6. The van der Waals surface area contributed by atoms with E-state index < -0.39 is 5.92 Å². The van der Waals surface area contributed by atoms with Gasteiger partial charge in [-0.3, -0.25) is 4.79 Å². The topological polar surface area (TPSA) is 35.5 Å². The molecule has 0 spiro atoms. The Morgan fingerprint density at radius 3 is 2.52 bits per heavy atom. The minimum atomic E-state index is -0.428. The molecule has 1 unspecified atom stereocenters. The second-order valence-electron chi connectivity index (χ2n) is 4.68. The third-order valence-corrected chi connectivity index (χ3v) is 3.66. The van der Waals surface area contributed by atoms with Gasteiger partial charge in [-0.1, -0.05) is 54.1 Å². The van der Waals surface area contributed by atoms with Crippen LogP contribution < -0.4 is 4.74 Å². The predicted molar refractivity (Wildman–Crippen MR) is 82.7 cm³/mol. The van der Waals surface area contributed by atoms with E-state index in [1.807, 2.05) is 36.4 Å². The Morgan fingerprint density at radius 2 is 1.86 bits per heavy atom. The van der Waals surface area contributed by atoms with E-state index in [1.165, 1.54) is 7.11 Å². The van der Waals surface area contributed by atoms with Gasteiger partial charge in [0.25, 0.3) is 0 Å². The molecular weight excluding hydrogens is 288 g/mol. The smallest absolute Gasteiger partial charge is 0.312 e. The lowest BCUT2D eigenvalue weighted by Gasteiger charge is -2.15. The van der Waals surface area contributed by atoms with Crippen molar-refractivity contribution in [1.29, 1.82) is 0 Å². The lowest BCUT2D eigenvalue weighted by Crippen LogP contribution is -2.11. The zero-order chi connectivity index (χ0) is 15.2. The Balaban J connectivity index is 2.16. The van der Waals surface area contributed by atoms with E-state index in [2.05, 4.69) is 0 Å². The van der Waals surface area contributed by atoms with Crippen LogP contribution in [-0.4, -0.2) is 13.1 Å². The number of ether oxygens (including phenoxy) is 2. The van der Waals surface area contributed by atoms with Crippen LogP contribution in [0.25, 0.3) is 0 Å². The summed E-state index contributed by atoms with van der Waals surface area (Å²) in [4.78, 5) is 11.6. The molecule has 0 aromatic heterocycles. The third-order valence-electron chi connectivity index (χ3n) is 3.25. The summed E-state index contributed by atoms with van der Waals surface area (Å²) in [5.41, 5.74) is 1.76. The number of methoxy groups -OCH3 is 1. The molecule has 3 nitrogen and oxygen atoms in total. The highest BCUT2D eigenvalue weighted by atomic mass is 35.5. The summed E-state index contributed by atoms with van der Waals surface area (Å²) in [7, 11) is 1.36. The number of hydrogen-bond acceptors (Lipinski definition) is 3. The van der Waals surface area contributed by atoms with Crippen molar-refractivity contribution in [2.24, 2.45) is 0 Å². The molecule has 0 heterocycles. The third kappa shape index (κ3) is 3.76. The van der Waals surface area contributed by atoms with E-state index in [1.54, 1.807) is 19.1 Å². The number of halogens is 1. The largest absolute Gasteiger partial charge is 0.487 e. The van der Waals surface area contributed by atoms with Gasteiger partial charge in [0.05, 0.1) is 18.1 Å². The van der Waals surface area contributed by atoms with E-state index >= 15 is 0 Å². The zero-order valence-corrected chi connectivity index (χ0v) is 12.8. The van der Waals surface area contributed by atoms with E-state index in [4.69, 9.17) is 21.1 Å². The Kier molecular flexibility index (Phi) is 5.23. The standard InChI is InChI=1S/C17H17ClO3/c1-12(17(19)20-2)14-9-6-10-15(16(14)18)21-11-13-7-4-3-5-8-13/h3-10,12H,11H2,1-2H3. The van der Waals surface area contributed by atoms with Crippen molar-refractivity contribution < 1.29 is 14.3 Å². The zero-order valence-electron chi connectivity index (χ0n) is 12.0. The van der Waals surface area contributed by atoms with Crippen molar-refractivity contribution >= 4 is 17.6 Å². The van der Waals surface area contributed by atoms with Crippen LogP contribution in [0.15, 0.2) is 48.5 Å². The molecule has 0 bridgehead atoms. The Morgan fingerprint density at radius 1 is 1.14 bits per heavy atom. The van der Waals surface area contributed by atoms with Crippen LogP contribution in [0.4, 0.5) is 0 Å². The SMILES string of the molecule is COC(=O)C(C)c1cccc(OCc2ccccc2)c1Cl. The lowest BCUT2D eigenvalue weighted by molar-refractivity contribution is -0.141. The summed E-state index contributed by atoms with van der Waals surface area (Å²) in [6.45, 7) is 2.19. The maximum absolute atomic E-state index is 11.6. The van der Waals surface area contributed by atoms with Crippen molar-refractivity contribution in [3.05, 3.63) is 64.7 Å². The minimum absolute atomic E-state index is 0.322. The van der Waals surface area contributed by atoms with Gasteiger partial charge < -0.3 is 9.47 Å². The summed E-state index contributed by atoms with van der Waals surface area (Å²) in [5.74, 6) is -0.186. The van der Waals surface area contributed by atoms with Gasteiger partial charge in [0.15, 0.2) is 0 Å². The minimum Gasteiger partial charge on any atom is -0.487 e. The quantitative estimate of drug-likeness (QED) is 0.777. The van der Waals surface area contributed by atoms with Gasteiger partial charge in [-0.2, -0.15) is 0 Å². The van der Waals surface area contributed by atoms with Crippen molar-refractivity contribution in [1.82, 2.24) is 0 Å². The molecule has 0 fully saturated rings. The molecule has 4 heteroatoms. The highest BCUT2D eigenvalue weighted by molar-refractivity contribution is 6.33. The Bertz CT molecular complexity index is 611. The molecule has 110 valence electrons. The highest BCUT2D eigenvalue weighted by Crippen LogP contribution is 2.33. The molecule has 0 aliphatic heterocycles. The average Bonchev–Trinajstić information content (AvgIpc) is 2.53. The van der Waals surface area contributed by atoms with Crippen LogP contribution in [0.5, 0.6) is 5.75 Å². The second kappa shape index (κ2) is 7.14. The summed E-state index contributed by atoms with van der Waals surface area (Å²) in [6.07, 6.45) is 0. The first-order valence-corrected chi connectivity index (χ1v) is 7.04. The van der Waals surface area contributed by atoms with Gasteiger partial charge in [-0.25, -0.2) is 0 Å². The summed E-state index contributed by atoms with van der Waals surface area (Å²) in [6, 6.07) is 15.2. The van der Waals surface area contributed by atoms with Crippen LogP contribution in [-0.2, 0) is 16.1 Å². The van der Waals surface area contributed by atoms with Crippen LogP contribution in [0.2, 0.25) is 5.02 Å². The average molecular weight is 305 g/mol. The van der Waals surface area contributed by atoms with Gasteiger partial charge in [0.1, 0.15) is 12.4 Å². The first-order chi connectivity index (χ1) is 10.1. The van der Waals surface area contributed by atoms with Crippen molar-refractivity contribution in [3.63, 3.8) is 0 Å². The van der Waals surface area contributed by atoms with Crippen molar-refractivity contribution in [2.45, 2.75) is 19.4 Å². The fourth-order valence-electron chi connectivity index (χ4n) is 2.01. The monoisotopic (exact) mass is 304 g/mol. The van der Waals surface area contributed by atoms with Gasteiger partial charge in [0, 0.05) is 0 Å². The molecule has 0 N–H and O–H groups in total. The summed E-state index contributed by atoms with van der Waals surface area (Å²) >= 11 is 6.34. The maximum Gasteiger partial charge on any atom is 0.312 e. The number of esters is 1. The summed E-state index contributed by atoms with van der Waals surface area (Å²) < 4.78 is 10.5. The molecule has 0 aliphatic carbocycles. The molecule has 0 saturated carbocycles. The van der Waals surface area contributed by atoms with Crippen molar-refractivity contribution in [3.8, 4) is 5.75 Å². The van der Waals surface area contributed by atoms with Crippen LogP contribution in [0.1, 0.15) is 24.0 Å². The van der Waals surface area contributed by atoms with Crippen LogP contribution in [0.3, 0.4) is 0 Å². The molecule has 1 atom stereocenters. The second-order valence-corrected chi connectivity index (χ2v) is 5.06. The highest BCUT2D eigenvalue weighted by Gasteiger charge is 2.20. The fourth-order valence-corrected chi connectivity index (χ4v) is 2.36. The molecule has 2 rings (SSSR count). The molecule has 0 amide bonds. The molecule has 21 heavy (non-hydrogen) atoms. The molecule has 2 aromatic carbocycles. The molecular formula is C17H17ClO3. The predicted octanol–water partition coefficient (Wildman–Crippen LogP) is 4.20. The van der Waals surface area contributed by atoms with Crippen molar-refractivity contribution in [2.75, 3.05) is 7.11 Å². The lowest BCUT2D eigenvalue weighted by atomic mass is 10.0. The first-order valence-electron chi connectivity index (χ1n) is 6.66. The number of carbonyl (C=O) groups is 1. The molecule has 0 aliphatic rings. The molecule has 0 radical (unpaired) electrons. The van der Waals surface area contributed by atoms with E-state index in [9.17, 15) is 4.79 Å². The number of carbonyl (C=O) groups excluding carboxylic acids is 1. The van der Waals surface area contributed by atoms with Gasteiger partial charge in [-0.15, -0.1) is 0 Å². The van der Waals surface area contributed by atoms with E-state index in [-0.39, 0.29) is 5.97 Å². The first kappa shape index (κ1) is 15.4. The number of benzene rings is 2. The van der Waals surface area contributed by atoms with E-state index in [0.29, 0.717) is 22.9 Å². The molecule has 2 aromatic rings. The normalized spacial score (nSPS) is 11.8. The van der Waals surface area contributed by atoms with E-state index in [0.717, 1.165) is 5.56 Å². The number of hydrogen-bond donors (Lipinski definition) is 0. The van der Waals surface area contributed by atoms with Gasteiger partial charge in [0.2, 0.25) is 0 Å².